The third-order valence-electron chi connectivity index (χ3n) is 4.38. The molecule has 2 heterocycles. The third-order valence-corrected chi connectivity index (χ3v) is 4.38. The summed E-state index contributed by atoms with van der Waals surface area (Å²) < 4.78 is 39.2. The molecule has 1 saturated heterocycles. The molecule has 4 N–H and O–H groups in total. The first-order chi connectivity index (χ1) is 10.8. The lowest BCUT2D eigenvalue weighted by Gasteiger charge is -2.28. The molecule has 2 fully saturated rings. The largest absolute Gasteiger partial charge is 0.404 e. The molecule has 128 valence electrons. The number of halogens is 3. The molecular weight excluding hydrogens is 311 g/mol. The lowest BCUT2D eigenvalue weighted by Crippen LogP contribution is -2.49. The standard InChI is InChI=1S/C14H20F3N5O/c15-14(16,17)13(8-1-2-8)19-5-9-3-10(23)6-22(9)12-4-11(18)20-7-21-12/h4,7-10,13,19,23H,1-3,5-6H2,(H2,18,20,21)/t9-,10-,13?/m1/s1. The number of nitrogens with zero attached hydrogens (tertiary/aromatic N) is 3. The quantitative estimate of drug-likeness (QED) is 0.744. The molecule has 1 aliphatic carbocycles. The zero-order valence-corrected chi connectivity index (χ0v) is 12.5. The number of rotatable bonds is 5. The van der Waals surface area contributed by atoms with Gasteiger partial charge in [0.1, 0.15) is 24.0 Å². The van der Waals surface area contributed by atoms with E-state index in [1.54, 1.807) is 11.0 Å². The minimum Gasteiger partial charge on any atom is -0.391 e. The second-order valence-corrected chi connectivity index (χ2v) is 6.26. The van der Waals surface area contributed by atoms with Crippen molar-refractivity contribution in [1.82, 2.24) is 15.3 Å². The molecule has 0 radical (unpaired) electrons. The summed E-state index contributed by atoms with van der Waals surface area (Å²) in [6.07, 6.45) is -1.92. The molecule has 0 amide bonds. The zero-order chi connectivity index (χ0) is 16.6. The highest BCUT2D eigenvalue weighted by Gasteiger charge is 2.49. The Morgan fingerprint density at radius 2 is 2.13 bits per heavy atom. The minimum absolute atomic E-state index is 0.141. The van der Waals surface area contributed by atoms with E-state index < -0.39 is 18.3 Å². The van der Waals surface area contributed by atoms with Crippen molar-refractivity contribution in [3.05, 3.63) is 12.4 Å². The Morgan fingerprint density at radius 3 is 2.74 bits per heavy atom. The van der Waals surface area contributed by atoms with E-state index >= 15 is 0 Å². The average Bonchev–Trinajstić information content (AvgIpc) is 3.20. The Kier molecular flexibility index (Phi) is 4.33. The predicted molar refractivity (Wildman–Crippen MR) is 78.8 cm³/mol. The van der Waals surface area contributed by atoms with Gasteiger partial charge in [-0.1, -0.05) is 0 Å². The molecule has 0 aromatic carbocycles. The van der Waals surface area contributed by atoms with Gasteiger partial charge in [-0.2, -0.15) is 13.2 Å². The van der Waals surface area contributed by atoms with Crippen LogP contribution >= 0.6 is 0 Å². The number of nitrogens with one attached hydrogen (secondary N) is 1. The van der Waals surface area contributed by atoms with E-state index in [2.05, 4.69) is 15.3 Å². The van der Waals surface area contributed by atoms with Crippen LogP contribution in [-0.4, -0.2) is 52.5 Å². The van der Waals surface area contributed by atoms with Crippen molar-refractivity contribution in [1.29, 1.82) is 0 Å². The number of hydrogen-bond acceptors (Lipinski definition) is 6. The Balaban J connectivity index is 1.68. The van der Waals surface area contributed by atoms with Crippen molar-refractivity contribution in [2.45, 2.75) is 43.6 Å². The molecule has 3 rings (SSSR count). The van der Waals surface area contributed by atoms with Crippen molar-refractivity contribution >= 4 is 11.6 Å². The second kappa shape index (κ2) is 6.12. The molecule has 0 bridgehead atoms. The summed E-state index contributed by atoms with van der Waals surface area (Å²) >= 11 is 0. The summed E-state index contributed by atoms with van der Waals surface area (Å²) in [5, 5.41) is 12.5. The number of alkyl halides is 3. The highest BCUT2D eigenvalue weighted by Crippen LogP contribution is 2.40. The molecule has 1 aliphatic heterocycles. The summed E-state index contributed by atoms with van der Waals surface area (Å²) in [6.45, 7) is 0.463. The predicted octanol–water partition coefficient (Wildman–Crippen LogP) is 0.929. The van der Waals surface area contributed by atoms with Crippen LogP contribution < -0.4 is 16.0 Å². The van der Waals surface area contributed by atoms with E-state index in [9.17, 15) is 18.3 Å². The van der Waals surface area contributed by atoms with E-state index in [1.807, 2.05) is 0 Å². The van der Waals surface area contributed by atoms with Crippen LogP contribution in [0, 0.1) is 5.92 Å². The van der Waals surface area contributed by atoms with Crippen LogP contribution in [0.4, 0.5) is 24.8 Å². The van der Waals surface area contributed by atoms with Crippen molar-refractivity contribution in [2.75, 3.05) is 23.7 Å². The lowest BCUT2D eigenvalue weighted by atomic mass is 10.1. The number of anilines is 2. The molecule has 1 aromatic rings. The lowest BCUT2D eigenvalue weighted by molar-refractivity contribution is -0.160. The van der Waals surface area contributed by atoms with Crippen LogP contribution in [0.3, 0.4) is 0 Å². The van der Waals surface area contributed by atoms with Crippen LogP contribution in [-0.2, 0) is 0 Å². The van der Waals surface area contributed by atoms with E-state index in [0.717, 1.165) is 0 Å². The van der Waals surface area contributed by atoms with E-state index in [0.29, 0.717) is 31.6 Å². The molecule has 1 unspecified atom stereocenters. The number of β-amino-alcohol motifs (C(OH)–C–C–N with tert-alkyl or cyclic N) is 1. The number of aliphatic hydroxyl groups is 1. The number of nitrogens with two attached hydrogens (primary N) is 1. The first-order valence-corrected chi connectivity index (χ1v) is 7.67. The van der Waals surface area contributed by atoms with E-state index in [4.69, 9.17) is 5.73 Å². The second-order valence-electron chi connectivity index (χ2n) is 6.26. The Morgan fingerprint density at radius 1 is 1.39 bits per heavy atom. The molecule has 9 heteroatoms. The maximum Gasteiger partial charge on any atom is 0.404 e. The fourth-order valence-corrected chi connectivity index (χ4v) is 3.13. The number of nitrogen functional groups attached to an aromatic ring is 1. The van der Waals surface area contributed by atoms with Gasteiger partial charge in [0.15, 0.2) is 0 Å². The van der Waals surface area contributed by atoms with Gasteiger partial charge in [-0.05, 0) is 25.2 Å². The van der Waals surface area contributed by atoms with Crippen LogP contribution in [0.5, 0.6) is 0 Å². The Bertz CT molecular complexity index is 551. The minimum atomic E-state index is -4.25. The van der Waals surface area contributed by atoms with E-state index in [1.165, 1.54) is 6.33 Å². The fraction of sp³-hybridized carbons (Fsp3) is 0.714. The first kappa shape index (κ1) is 16.3. The van der Waals surface area contributed by atoms with Crippen LogP contribution in [0.1, 0.15) is 19.3 Å². The van der Waals surface area contributed by atoms with Crippen molar-refractivity contribution in [3.8, 4) is 0 Å². The molecular formula is C14H20F3N5O. The van der Waals surface area contributed by atoms with Crippen LogP contribution in [0.2, 0.25) is 0 Å². The smallest absolute Gasteiger partial charge is 0.391 e. The van der Waals surface area contributed by atoms with Gasteiger partial charge in [-0.15, -0.1) is 0 Å². The maximum absolute atomic E-state index is 13.1. The van der Waals surface area contributed by atoms with Crippen LogP contribution in [0.25, 0.3) is 0 Å². The highest BCUT2D eigenvalue weighted by atomic mass is 19.4. The molecule has 23 heavy (non-hydrogen) atoms. The van der Waals surface area contributed by atoms with Gasteiger partial charge < -0.3 is 21.1 Å². The van der Waals surface area contributed by atoms with Gasteiger partial charge in [-0.25, -0.2) is 9.97 Å². The summed E-state index contributed by atoms with van der Waals surface area (Å²) in [6, 6.07) is -0.173. The summed E-state index contributed by atoms with van der Waals surface area (Å²) in [5.74, 6) is 0.481. The van der Waals surface area contributed by atoms with Gasteiger partial charge in [-0.3, -0.25) is 0 Å². The highest BCUT2D eigenvalue weighted by molar-refractivity contribution is 5.48. The van der Waals surface area contributed by atoms with Crippen molar-refractivity contribution in [2.24, 2.45) is 5.92 Å². The molecule has 0 spiro atoms. The molecule has 1 aromatic heterocycles. The zero-order valence-electron chi connectivity index (χ0n) is 12.5. The monoisotopic (exact) mass is 331 g/mol. The van der Waals surface area contributed by atoms with Crippen molar-refractivity contribution in [3.63, 3.8) is 0 Å². The van der Waals surface area contributed by atoms with Gasteiger partial charge in [0.2, 0.25) is 0 Å². The third kappa shape index (κ3) is 3.84. The normalized spacial score (nSPS) is 26.5. The Hall–Kier alpha value is -1.61. The summed E-state index contributed by atoms with van der Waals surface area (Å²) in [4.78, 5) is 9.70. The first-order valence-electron chi connectivity index (χ1n) is 7.67. The molecule has 3 atom stereocenters. The molecule has 1 saturated carbocycles. The average molecular weight is 331 g/mol. The summed E-state index contributed by atoms with van der Waals surface area (Å²) in [7, 11) is 0. The fourth-order valence-electron chi connectivity index (χ4n) is 3.13. The SMILES string of the molecule is Nc1cc(N2C[C@H](O)C[C@@H]2CNC(C2CC2)C(F)(F)F)ncn1. The maximum atomic E-state index is 13.1. The molecule has 2 aliphatic rings. The van der Waals surface area contributed by atoms with Gasteiger partial charge in [0.05, 0.1) is 6.10 Å². The Labute approximate surface area is 131 Å². The number of aromatic nitrogens is 2. The van der Waals surface area contributed by atoms with Gasteiger partial charge in [0, 0.05) is 25.2 Å². The topological polar surface area (TPSA) is 87.3 Å². The number of aliphatic hydroxyl groups excluding tert-OH is 1. The van der Waals surface area contributed by atoms with Gasteiger partial charge >= 0.3 is 6.18 Å². The van der Waals surface area contributed by atoms with Gasteiger partial charge in [0.25, 0.3) is 0 Å². The molecule has 6 nitrogen and oxygen atoms in total. The van der Waals surface area contributed by atoms with Crippen molar-refractivity contribution < 1.29 is 18.3 Å². The van der Waals surface area contributed by atoms with Crippen LogP contribution in [0.15, 0.2) is 12.4 Å². The number of hydrogen-bond donors (Lipinski definition) is 3. The van der Waals surface area contributed by atoms with E-state index in [-0.39, 0.29) is 24.3 Å². The summed E-state index contributed by atoms with van der Waals surface area (Å²) in [5.41, 5.74) is 5.63.